The number of carboxylic acids is 5. The van der Waals surface area contributed by atoms with Gasteiger partial charge in [-0.1, -0.05) is 0 Å². The van der Waals surface area contributed by atoms with Crippen LogP contribution in [0.2, 0.25) is 0 Å². The second-order valence-electron chi connectivity index (χ2n) is 15.5. The quantitative estimate of drug-likeness (QED) is 0.0125. The fourth-order valence-corrected chi connectivity index (χ4v) is 6.64. The number of guanidine groups is 1. The first-order valence-electron chi connectivity index (χ1n) is 21.4. The summed E-state index contributed by atoms with van der Waals surface area (Å²) in [5.41, 5.74) is 11.0. The molecule has 0 bridgehead atoms. The molecule has 0 fully saturated rings. The molecule has 0 aliphatic carbocycles. The summed E-state index contributed by atoms with van der Waals surface area (Å²) >= 11 is 3.90. The zero-order valence-electron chi connectivity index (χ0n) is 37.8. The monoisotopic (exact) mass is 1030 g/mol. The maximum Gasteiger partial charge on any atom is 0.321 e. The number of aromatic nitrogens is 4. The number of nitrogens with one attached hydrogen (secondary N) is 10. The van der Waals surface area contributed by atoms with Crippen molar-refractivity contribution in [2.24, 2.45) is 5.73 Å². The van der Waals surface area contributed by atoms with E-state index in [4.69, 9.17) is 16.9 Å². The van der Waals surface area contributed by atoms with Crippen LogP contribution in [-0.2, 0) is 49.7 Å². The molecule has 32 heteroatoms. The number of H-pyrrole nitrogens is 1. The Kier molecular flexibility index (Phi) is 22.5. The number of carboxylic acid groups (broad SMARTS) is 5. The average molecular weight is 1030 g/mol. The van der Waals surface area contributed by atoms with Crippen molar-refractivity contribution >= 4 is 101 Å². The normalized spacial score (nSPS) is 13.3. The smallest absolute Gasteiger partial charge is 0.321 e. The van der Waals surface area contributed by atoms with E-state index < -0.39 is 146 Å². The van der Waals surface area contributed by atoms with E-state index in [9.17, 15) is 78.3 Å². The van der Waals surface area contributed by atoms with Crippen molar-refractivity contribution in [1.82, 2.24) is 57.2 Å². The van der Waals surface area contributed by atoms with Crippen LogP contribution in [0.4, 0.5) is 11.6 Å². The van der Waals surface area contributed by atoms with Crippen LogP contribution in [0.15, 0.2) is 35.3 Å². The van der Waals surface area contributed by atoms with Crippen LogP contribution in [0.1, 0.15) is 61.0 Å². The molecule has 3 aromatic rings. The Morgan fingerprint density at radius 3 is 1.81 bits per heavy atom. The molecule has 3 rings (SSSR count). The van der Waals surface area contributed by atoms with Crippen molar-refractivity contribution in [2.45, 2.75) is 87.7 Å². The topological polar surface area (TPSA) is 516 Å². The van der Waals surface area contributed by atoms with Gasteiger partial charge in [-0.05, 0) is 43.5 Å². The van der Waals surface area contributed by atoms with E-state index in [0.717, 1.165) is 0 Å². The number of nitrogen functional groups attached to an aromatic ring is 1. The number of rotatable bonds is 31. The SMILES string of the molecule is N=C(N)NCCC[C@H](NC(=O)[C@H](CC(=O)O)NC(=O)[C@H](CCC(=O)O)NC(=O)c1ccc(NCc2cnc3nc(N)[nH]c(=O)c3n2)cc1)C(=O)N[C@@H](CC(=O)O)C(=O)N[C@H](CN[C@@H](CS)C(=O)O)CC(=O)O. The first-order chi connectivity index (χ1) is 33.9. The van der Waals surface area contributed by atoms with Crippen molar-refractivity contribution < 1.29 is 73.5 Å². The number of hydrogen-bond donors (Lipinski definition) is 18. The lowest BCUT2D eigenvalue weighted by atomic mass is 10.1. The molecule has 5 amide bonds. The zero-order chi connectivity index (χ0) is 53.7. The fraction of sp³-hybridized carbons (Fsp3) is 0.425. The highest BCUT2D eigenvalue weighted by Gasteiger charge is 2.34. The number of benzene rings is 1. The third-order valence-corrected chi connectivity index (χ3v) is 10.2. The summed E-state index contributed by atoms with van der Waals surface area (Å²) in [6.45, 7) is -0.476. The van der Waals surface area contributed by atoms with Crippen molar-refractivity contribution in [2.75, 3.05) is 29.9 Å². The average Bonchev–Trinajstić information content (AvgIpc) is 3.29. The van der Waals surface area contributed by atoms with E-state index in [1.807, 2.05) is 0 Å². The largest absolute Gasteiger partial charge is 0.481 e. The van der Waals surface area contributed by atoms with Crippen molar-refractivity contribution in [1.29, 1.82) is 5.41 Å². The molecule has 31 nitrogen and oxygen atoms in total. The Balaban J connectivity index is 1.80. The number of nitrogens with zero attached hydrogens (tertiary/aromatic N) is 3. The maximum absolute atomic E-state index is 13.8. The first-order valence-corrected chi connectivity index (χ1v) is 22.0. The molecule has 72 heavy (non-hydrogen) atoms. The van der Waals surface area contributed by atoms with Crippen LogP contribution < -0.4 is 59.6 Å². The molecule has 390 valence electrons. The van der Waals surface area contributed by atoms with Gasteiger partial charge in [0.25, 0.3) is 11.5 Å². The van der Waals surface area contributed by atoms with Crippen molar-refractivity contribution in [3.8, 4) is 0 Å². The molecule has 0 saturated heterocycles. The number of aromatic amines is 1. The second kappa shape index (κ2) is 28.1. The van der Waals surface area contributed by atoms with Gasteiger partial charge in [0.1, 0.15) is 30.2 Å². The molecule has 2 heterocycles. The number of thiol groups is 1. The lowest BCUT2D eigenvalue weighted by molar-refractivity contribution is -0.142. The standard InChI is InChI=1S/C40H53N15O16S/c41-39(42)44-9-1-2-21(33(65)52-23(11-28(60)61)35(67)49-19(10-27(58)59)13-46-25(16-72)38(70)71)51-36(68)24(12-29(62)63)53-34(66)22(7-8-26(56)57)50-32(64)17-3-5-18(6-4-17)45-14-20-15-47-31-30(48-20)37(69)55-40(43)54-31/h3-6,15,19,21-25,45-46,72H,1-2,7-14,16H2,(H,49,67)(H,50,64)(H,51,68)(H,52,65)(H,53,66)(H,56,57)(H,58,59)(H,60,61)(H,62,63)(H,70,71)(H4,41,42,44)(H3,43,47,54,55,69)/t19-,21-,22-,23-,24-,25-/m0/s1. The molecule has 0 saturated carbocycles. The number of nitrogens with two attached hydrogens (primary N) is 2. The molecule has 1 aromatic carbocycles. The third kappa shape index (κ3) is 19.7. The minimum absolute atomic E-state index is 0.0324. The zero-order valence-corrected chi connectivity index (χ0v) is 38.7. The second-order valence-corrected chi connectivity index (χ2v) is 15.9. The summed E-state index contributed by atoms with van der Waals surface area (Å²) in [5, 5.41) is 73.9. The number of amides is 5. The van der Waals surface area contributed by atoms with Crippen LogP contribution in [-0.4, -0.2) is 166 Å². The predicted molar refractivity (Wildman–Crippen MR) is 251 cm³/mol. The molecule has 19 N–H and O–H groups in total. The number of carbonyl (C=O) groups excluding carboxylic acids is 5. The first kappa shape index (κ1) is 57.6. The van der Waals surface area contributed by atoms with Crippen LogP contribution in [0.3, 0.4) is 0 Å². The van der Waals surface area contributed by atoms with E-state index in [-0.39, 0.29) is 54.4 Å². The molecular formula is C40H53N15O16S. The van der Waals surface area contributed by atoms with Gasteiger partial charge < -0.3 is 79.5 Å². The minimum Gasteiger partial charge on any atom is -0.481 e. The summed E-state index contributed by atoms with van der Waals surface area (Å²) in [5.74, 6) is -14.3. The number of anilines is 2. The Morgan fingerprint density at radius 1 is 0.708 bits per heavy atom. The van der Waals surface area contributed by atoms with E-state index in [2.05, 4.69) is 75.1 Å². The highest BCUT2D eigenvalue weighted by atomic mass is 32.1. The molecule has 0 radical (unpaired) electrons. The summed E-state index contributed by atoms with van der Waals surface area (Å²) in [4.78, 5) is 153. The summed E-state index contributed by atoms with van der Waals surface area (Å²) < 4.78 is 0. The number of fused-ring (bicyclic) bond motifs is 1. The number of carbonyl (C=O) groups is 10. The number of aliphatic carboxylic acids is 5. The molecule has 0 unspecified atom stereocenters. The Morgan fingerprint density at radius 2 is 1.26 bits per heavy atom. The minimum atomic E-state index is -2.02. The molecular weight excluding hydrogens is 979 g/mol. The van der Waals surface area contributed by atoms with Gasteiger partial charge in [-0.25, -0.2) is 9.97 Å². The molecule has 0 aliphatic heterocycles. The van der Waals surface area contributed by atoms with E-state index in [1.165, 1.54) is 30.5 Å². The van der Waals surface area contributed by atoms with Gasteiger partial charge in [0.15, 0.2) is 17.1 Å². The summed E-state index contributed by atoms with van der Waals surface area (Å²) in [6, 6.07) is -4.45. The molecule has 0 spiro atoms. The van der Waals surface area contributed by atoms with E-state index in [1.54, 1.807) is 0 Å². The lowest BCUT2D eigenvalue weighted by Gasteiger charge is -2.27. The van der Waals surface area contributed by atoms with Crippen LogP contribution in [0, 0.1) is 5.41 Å². The Hall–Kier alpha value is -8.68. The summed E-state index contributed by atoms with van der Waals surface area (Å²) in [7, 11) is 0. The van der Waals surface area contributed by atoms with Gasteiger partial charge in [0.2, 0.25) is 29.6 Å². The van der Waals surface area contributed by atoms with Crippen LogP contribution in [0.5, 0.6) is 0 Å². The molecule has 0 aliphatic rings. The van der Waals surface area contributed by atoms with Gasteiger partial charge >= 0.3 is 29.8 Å². The lowest BCUT2D eigenvalue weighted by Crippen LogP contribution is -2.59. The molecule has 2 aromatic heterocycles. The van der Waals surface area contributed by atoms with Gasteiger partial charge in [0, 0.05) is 36.5 Å². The van der Waals surface area contributed by atoms with Gasteiger partial charge in [-0.2, -0.15) is 17.6 Å². The highest BCUT2D eigenvalue weighted by Crippen LogP contribution is 2.13. The van der Waals surface area contributed by atoms with Gasteiger partial charge in [-0.15, -0.1) is 0 Å². The molecule has 6 atom stereocenters. The van der Waals surface area contributed by atoms with Crippen LogP contribution >= 0.6 is 12.6 Å². The predicted octanol–water partition coefficient (Wildman–Crippen LogP) is -4.53. The van der Waals surface area contributed by atoms with E-state index >= 15 is 0 Å². The van der Waals surface area contributed by atoms with Gasteiger partial charge in [-0.3, -0.25) is 63.1 Å². The maximum atomic E-state index is 13.8. The fourth-order valence-electron chi connectivity index (χ4n) is 6.35. The van der Waals surface area contributed by atoms with Crippen molar-refractivity contribution in [3.05, 3.63) is 52.1 Å². The van der Waals surface area contributed by atoms with Gasteiger partial charge in [0.05, 0.1) is 43.7 Å². The summed E-state index contributed by atoms with van der Waals surface area (Å²) in [6.07, 6.45) is -3.36. The van der Waals surface area contributed by atoms with Crippen LogP contribution in [0.25, 0.3) is 11.2 Å². The highest BCUT2D eigenvalue weighted by molar-refractivity contribution is 7.80. The Bertz CT molecular complexity index is 2570. The Labute approximate surface area is 411 Å². The van der Waals surface area contributed by atoms with E-state index in [0.29, 0.717) is 11.4 Å². The number of hydrogen-bond acceptors (Lipinski definition) is 19. The third-order valence-electron chi connectivity index (χ3n) is 9.88. The van der Waals surface area contributed by atoms with Crippen molar-refractivity contribution in [3.63, 3.8) is 0 Å².